The van der Waals surface area contributed by atoms with Crippen LogP contribution in [0.4, 0.5) is 5.69 Å². The number of methoxy groups -OCH3 is 1. The van der Waals surface area contributed by atoms with Gasteiger partial charge in [0.1, 0.15) is 5.75 Å². The Balaban J connectivity index is 1.97. The maximum Gasteiger partial charge on any atom is 0.271 e. The van der Waals surface area contributed by atoms with Gasteiger partial charge in [-0.3, -0.25) is 14.7 Å². The normalized spacial score (nSPS) is 17.3. The monoisotopic (exact) mass is 366 g/mol. The van der Waals surface area contributed by atoms with E-state index in [4.69, 9.17) is 4.74 Å². The number of rotatable bonds is 5. The largest absolute Gasteiger partial charge is 0.497 e. The average molecular weight is 366 g/mol. The Morgan fingerprint density at radius 2 is 1.88 bits per heavy atom. The van der Waals surface area contributed by atoms with Crippen molar-refractivity contribution in [2.45, 2.75) is 20.3 Å². The van der Waals surface area contributed by atoms with Crippen molar-refractivity contribution < 1.29 is 9.53 Å². The molecule has 0 N–H and O–H groups in total. The molecule has 4 nitrogen and oxygen atoms in total. The second-order valence-electron chi connectivity index (χ2n) is 5.98. The minimum Gasteiger partial charge on any atom is -0.497 e. The van der Waals surface area contributed by atoms with Crippen LogP contribution in [0.15, 0.2) is 58.4 Å². The van der Waals surface area contributed by atoms with Crippen LogP contribution in [0, 0.1) is 6.92 Å². The van der Waals surface area contributed by atoms with Gasteiger partial charge < -0.3 is 4.74 Å². The van der Waals surface area contributed by atoms with Crippen LogP contribution in [0.2, 0.25) is 0 Å². The lowest BCUT2D eigenvalue weighted by atomic mass is 10.1. The highest BCUT2D eigenvalue weighted by atomic mass is 32.2. The zero-order valence-electron chi connectivity index (χ0n) is 15.2. The van der Waals surface area contributed by atoms with Gasteiger partial charge in [0.05, 0.1) is 17.7 Å². The number of ether oxygens (including phenoxy) is 1. The van der Waals surface area contributed by atoms with E-state index in [1.54, 1.807) is 12.0 Å². The van der Waals surface area contributed by atoms with Gasteiger partial charge in [0.15, 0.2) is 5.17 Å². The molecule has 134 valence electrons. The maximum atomic E-state index is 13.1. The molecule has 1 amide bonds. The summed E-state index contributed by atoms with van der Waals surface area (Å²) in [6, 6.07) is 15.6. The molecule has 0 unspecified atom stereocenters. The Hall–Kier alpha value is -2.53. The quantitative estimate of drug-likeness (QED) is 0.708. The van der Waals surface area contributed by atoms with E-state index in [0.29, 0.717) is 11.4 Å². The van der Waals surface area contributed by atoms with Crippen molar-refractivity contribution in [2.75, 3.05) is 18.6 Å². The zero-order valence-corrected chi connectivity index (χ0v) is 16.0. The number of hydrogen-bond donors (Lipinski definition) is 0. The summed E-state index contributed by atoms with van der Waals surface area (Å²) in [5, 5.41) is 0.742. The van der Waals surface area contributed by atoms with E-state index >= 15 is 0 Å². The first-order valence-electron chi connectivity index (χ1n) is 8.62. The third kappa shape index (κ3) is 3.83. The Morgan fingerprint density at radius 3 is 2.54 bits per heavy atom. The van der Waals surface area contributed by atoms with Gasteiger partial charge in [-0.05, 0) is 60.5 Å². The Morgan fingerprint density at radius 1 is 1.15 bits per heavy atom. The number of carbonyl (C=O) groups is 1. The highest BCUT2D eigenvalue weighted by Crippen LogP contribution is 2.37. The molecule has 1 saturated heterocycles. The molecule has 3 rings (SSSR count). The Bertz CT molecular complexity index is 857. The second kappa shape index (κ2) is 8.23. The molecule has 0 saturated carbocycles. The van der Waals surface area contributed by atoms with E-state index < -0.39 is 0 Å². The lowest BCUT2D eigenvalue weighted by Crippen LogP contribution is -2.29. The molecule has 1 fully saturated rings. The lowest BCUT2D eigenvalue weighted by Gasteiger charge is -2.17. The number of carbonyl (C=O) groups excluding carboxylic acids is 1. The van der Waals surface area contributed by atoms with Gasteiger partial charge in [-0.2, -0.15) is 0 Å². The van der Waals surface area contributed by atoms with E-state index in [0.717, 1.165) is 34.2 Å². The van der Waals surface area contributed by atoms with Crippen LogP contribution in [-0.2, 0) is 4.79 Å². The molecule has 1 heterocycles. The van der Waals surface area contributed by atoms with E-state index in [9.17, 15) is 4.79 Å². The molecule has 26 heavy (non-hydrogen) atoms. The smallest absolute Gasteiger partial charge is 0.271 e. The molecule has 0 spiro atoms. The fourth-order valence-electron chi connectivity index (χ4n) is 2.66. The number of aliphatic imine (C=N–C) groups is 1. The molecule has 1 aliphatic rings. The highest BCUT2D eigenvalue weighted by Gasteiger charge is 2.35. The van der Waals surface area contributed by atoms with Crippen molar-refractivity contribution in [3.8, 4) is 5.75 Å². The number of para-hydroxylation sites is 1. The average Bonchev–Trinajstić information content (AvgIpc) is 2.96. The summed E-state index contributed by atoms with van der Waals surface area (Å²) in [4.78, 5) is 20.1. The number of amidine groups is 1. The second-order valence-corrected chi connectivity index (χ2v) is 6.98. The van der Waals surface area contributed by atoms with Crippen molar-refractivity contribution >= 4 is 34.6 Å². The van der Waals surface area contributed by atoms with Crippen LogP contribution < -0.4 is 9.64 Å². The third-order valence-electron chi connectivity index (χ3n) is 4.05. The first-order chi connectivity index (χ1) is 12.6. The highest BCUT2D eigenvalue weighted by molar-refractivity contribution is 8.19. The van der Waals surface area contributed by atoms with Gasteiger partial charge in [-0.1, -0.05) is 37.3 Å². The van der Waals surface area contributed by atoms with Crippen LogP contribution >= 0.6 is 11.8 Å². The van der Waals surface area contributed by atoms with Gasteiger partial charge in [0.25, 0.3) is 5.91 Å². The van der Waals surface area contributed by atoms with Gasteiger partial charge >= 0.3 is 0 Å². The molecule has 2 aromatic rings. The van der Waals surface area contributed by atoms with Crippen molar-refractivity contribution in [1.82, 2.24) is 0 Å². The van der Waals surface area contributed by atoms with E-state index in [1.807, 2.05) is 61.5 Å². The predicted octanol–water partition coefficient (Wildman–Crippen LogP) is 4.89. The predicted molar refractivity (Wildman–Crippen MR) is 110 cm³/mol. The van der Waals surface area contributed by atoms with Crippen LogP contribution in [-0.4, -0.2) is 24.7 Å². The molecular weight excluding hydrogens is 344 g/mol. The SMILES string of the molecule is CCC/N=C1\S/C(=C\c2ccc(OC)cc2)C(=O)N1c1ccccc1C. The minimum absolute atomic E-state index is 0.0324. The molecule has 0 bridgehead atoms. The third-order valence-corrected chi connectivity index (χ3v) is 5.05. The molecule has 0 aliphatic carbocycles. The van der Waals surface area contributed by atoms with Crippen molar-refractivity contribution in [2.24, 2.45) is 4.99 Å². The van der Waals surface area contributed by atoms with Gasteiger partial charge in [-0.25, -0.2) is 0 Å². The van der Waals surface area contributed by atoms with Crippen LogP contribution in [0.5, 0.6) is 5.75 Å². The van der Waals surface area contributed by atoms with E-state index in [1.165, 1.54) is 11.8 Å². The lowest BCUT2D eigenvalue weighted by molar-refractivity contribution is -0.113. The molecule has 0 radical (unpaired) electrons. The topological polar surface area (TPSA) is 41.9 Å². The molecule has 0 atom stereocenters. The van der Waals surface area contributed by atoms with Crippen molar-refractivity contribution in [3.05, 3.63) is 64.6 Å². The summed E-state index contributed by atoms with van der Waals surface area (Å²) in [6.45, 7) is 4.79. The minimum atomic E-state index is -0.0324. The van der Waals surface area contributed by atoms with Gasteiger partial charge in [-0.15, -0.1) is 0 Å². The summed E-state index contributed by atoms with van der Waals surface area (Å²) in [5.74, 6) is 0.763. The molecule has 1 aliphatic heterocycles. The molecule has 5 heteroatoms. The number of thioether (sulfide) groups is 1. The number of amides is 1. The van der Waals surface area contributed by atoms with Crippen molar-refractivity contribution in [3.63, 3.8) is 0 Å². The summed E-state index contributed by atoms with van der Waals surface area (Å²) in [5.41, 5.74) is 2.90. The summed E-state index contributed by atoms with van der Waals surface area (Å²) >= 11 is 1.43. The zero-order chi connectivity index (χ0) is 18.5. The first kappa shape index (κ1) is 18.3. The van der Waals surface area contributed by atoms with Crippen LogP contribution in [0.3, 0.4) is 0 Å². The number of anilines is 1. The Labute approximate surface area is 158 Å². The fraction of sp³-hybridized carbons (Fsp3) is 0.238. The Kier molecular flexibility index (Phi) is 5.78. The summed E-state index contributed by atoms with van der Waals surface area (Å²) < 4.78 is 5.19. The maximum absolute atomic E-state index is 13.1. The van der Waals surface area contributed by atoms with Gasteiger partial charge in [0, 0.05) is 6.54 Å². The van der Waals surface area contributed by atoms with Crippen LogP contribution in [0.1, 0.15) is 24.5 Å². The fourth-order valence-corrected chi connectivity index (χ4v) is 3.66. The van der Waals surface area contributed by atoms with E-state index in [2.05, 4.69) is 11.9 Å². The number of benzene rings is 2. The van der Waals surface area contributed by atoms with Gasteiger partial charge in [0.2, 0.25) is 0 Å². The first-order valence-corrected chi connectivity index (χ1v) is 9.44. The van der Waals surface area contributed by atoms with E-state index in [-0.39, 0.29) is 5.91 Å². The summed E-state index contributed by atoms with van der Waals surface area (Å²) in [7, 11) is 1.64. The van der Waals surface area contributed by atoms with Crippen LogP contribution in [0.25, 0.3) is 6.08 Å². The summed E-state index contributed by atoms with van der Waals surface area (Å²) in [6.07, 6.45) is 2.85. The van der Waals surface area contributed by atoms with Crippen molar-refractivity contribution in [1.29, 1.82) is 0 Å². The molecular formula is C21H22N2O2S. The standard InChI is InChI=1S/C21H22N2O2S/c1-4-13-22-21-23(18-8-6-5-7-15(18)2)20(24)19(26-21)14-16-9-11-17(25-3)12-10-16/h5-12,14H,4,13H2,1-3H3/b19-14-,22-21-. The molecule has 2 aromatic carbocycles. The number of nitrogens with zero attached hydrogens (tertiary/aromatic N) is 2. The number of hydrogen-bond acceptors (Lipinski definition) is 4. The molecule has 0 aromatic heterocycles. The number of aryl methyl sites for hydroxylation is 1.